The topological polar surface area (TPSA) is 67.0 Å². The predicted molar refractivity (Wildman–Crippen MR) is 80.3 cm³/mol. The Morgan fingerprint density at radius 2 is 2.19 bits per heavy atom. The first kappa shape index (κ1) is 14.1. The summed E-state index contributed by atoms with van der Waals surface area (Å²) in [6.07, 6.45) is 2.42. The minimum absolute atomic E-state index is 0.0415. The van der Waals surface area contributed by atoms with E-state index in [9.17, 15) is 4.79 Å². The van der Waals surface area contributed by atoms with E-state index in [2.05, 4.69) is 15.5 Å². The Hall–Kier alpha value is -1.85. The SMILES string of the molecule is C[C@H]1OCC[C@H]1NC(=O)c1cn[nH]c1-c1ccc(Cl)cc1. The Morgan fingerprint density at radius 1 is 1.43 bits per heavy atom. The van der Waals surface area contributed by atoms with Crippen LogP contribution in [0.15, 0.2) is 30.5 Å². The molecule has 2 heterocycles. The van der Waals surface area contributed by atoms with Crippen molar-refractivity contribution in [2.24, 2.45) is 0 Å². The summed E-state index contributed by atoms with van der Waals surface area (Å²) in [6, 6.07) is 7.32. The van der Waals surface area contributed by atoms with Crippen molar-refractivity contribution in [1.29, 1.82) is 0 Å². The minimum atomic E-state index is -0.143. The quantitative estimate of drug-likeness (QED) is 0.916. The summed E-state index contributed by atoms with van der Waals surface area (Å²) in [6.45, 7) is 2.65. The van der Waals surface area contributed by atoms with Crippen LogP contribution in [0.2, 0.25) is 5.02 Å². The molecule has 1 saturated heterocycles. The number of nitrogens with zero attached hydrogens (tertiary/aromatic N) is 1. The summed E-state index contributed by atoms with van der Waals surface area (Å²) in [5, 5.41) is 10.5. The summed E-state index contributed by atoms with van der Waals surface area (Å²) in [5.41, 5.74) is 2.09. The number of amides is 1. The third-order valence-electron chi connectivity index (χ3n) is 3.71. The van der Waals surface area contributed by atoms with Crippen molar-refractivity contribution >= 4 is 17.5 Å². The van der Waals surface area contributed by atoms with Gasteiger partial charge in [0, 0.05) is 17.2 Å². The van der Waals surface area contributed by atoms with Crippen LogP contribution in [0.25, 0.3) is 11.3 Å². The number of H-pyrrole nitrogens is 1. The van der Waals surface area contributed by atoms with Gasteiger partial charge in [-0.15, -0.1) is 0 Å². The minimum Gasteiger partial charge on any atom is -0.376 e. The van der Waals surface area contributed by atoms with Gasteiger partial charge in [-0.05, 0) is 25.5 Å². The maximum atomic E-state index is 12.4. The van der Waals surface area contributed by atoms with E-state index < -0.39 is 0 Å². The highest BCUT2D eigenvalue weighted by molar-refractivity contribution is 6.30. The van der Waals surface area contributed by atoms with Crippen molar-refractivity contribution in [3.63, 3.8) is 0 Å². The van der Waals surface area contributed by atoms with E-state index in [-0.39, 0.29) is 18.1 Å². The molecule has 6 heteroatoms. The molecular weight excluding hydrogens is 290 g/mol. The van der Waals surface area contributed by atoms with Gasteiger partial charge in [-0.2, -0.15) is 5.10 Å². The third-order valence-corrected chi connectivity index (χ3v) is 3.96. The zero-order valence-corrected chi connectivity index (χ0v) is 12.4. The van der Waals surface area contributed by atoms with Crippen LogP contribution in [0.1, 0.15) is 23.7 Å². The molecule has 0 aliphatic carbocycles. The normalized spacial score (nSPS) is 21.4. The molecule has 0 saturated carbocycles. The lowest BCUT2D eigenvalue weighted by atomic mass is 10.1. The molecule has 1 amide bonds. The summed E-state index contributed by atoms with van der Waals surface area (Å²) in [4.78, 5) is 12.4. The molecule has 2 N–H and O–H groups in total. The van der Waals surface area contributed by atoms with Crippen molar-refractivity contribution in [1.82, 2.24) is 15.5 Å². The molecular formula is C15H16ClN3O2. The Bertz CT molecular complexity index is 639. The first-order valence-electron chi connectivity index (χ1n) is 6.87. The molecule has 3 rings (SSSR count). The van der Waals surface area contributed by atoms with Crippen molar-refractivity contribution in [3.8, 4) is 11.3 Å². The second-order valence-electron chi connectivity index (χ2n) is 5.11. The van der Waals surface area contributed by atoms with Gasteiger partial charge in [-0.25, -0.2) is 0 Å². The molecule has 1 aliphatic rings. The largest absolute Gasteiger partial charge is 0.376 e. The van der Waals surface area contributed by atoms with Gasteiger partial charge >= 0.3 is 0 Å². The average molecular weight is 306 g/mol. The summed E-state index contributed by atoms with van der Waals surface area (Å²) in [7, 11) is 0. The van der Waals surface area contributed by atoms with Crippen molar-refractivity contribution < 1.29 is 9.53 Å². The molecule has 2 aromatic rings. The molecule has 1 aromatic carbocycles. The zero-order chi connectivity index (χ0) is 14.8. The molecule has 21 heavy (non-hydrogen) atoms. The van der Waals surface area contributed by atoms with Gasteiger partial charge in [-0.1, -0.05) is 23.7 Å². The molecule has 0 radical (unpaired) electrons. The van der Waals surface area contributed by atoms with Crippen LogP contribution in [0.5, 0.6) is 0 Å². The summed E-state index contributed by atoms with van der Waals surface area (Å²) < 4.78 is 5.46. The van der Waals surface area contributed by atoms with E-state index in [0.29, 0.717) is 22.9 Å². The first-order valence-corrected chi connectivity index (χ1v) is 7.24. The number of halogens is 1. The van der Waals surface area contributed by atoms with E-state index in [1.807, 2.05) is 19.1 Å². The van der Waals surface area contributed by atoms with Crippen LogP contribution in [0.4, 0.5) is 0 Å². The molecule has 5 nitrogen and oxygen atoms in total. The van der Waals surface area contributed by atoms with Gasteiger partial charge in [0.25, 0.3) is 5.91 Å². The fourth-order valence-corrected chi connectivity index (χ4v) is 2.59. The Kier molecular flexibility index (Phi) is 3.94. The number of rotatable bonds is 3. The smallest absolute Gasteiger partial charge is 0.255 e. The van der Waals surface area contributed by atoms with Gasteiger partial charge in [0.1, 0.15) is 0 Å². The van der Waals surface area contributed by atoms with Gasteiger partial charge in [-0.3, -0.25) is 9.89 Å². The average Bonchev–Trinajstić information content (AvgIpc) is 3.09. The monoisotopic (exact) mass is 305 g/mol. The van der Waals surface area contributed by atoms with Crippen LogP contribution in [-0.4, -0.2) is 34.9 Å². The van der Waals surface area contributed by atoms with E-state index in [1.165, 1.54) is 0 Å². The molecule has 110 valence electrons. The van der Waals surface area contributed by atoms with Crippen LogP contribution < -0.4 is 5.32 Å². The number of carbonyl (C=O) groups excluding carboxylic acids is 1. The number of hydrogen-bond acceptors (Lipinski definition) is 3. The number of ether oxygens (including phenoxy) is 1. The van der Waals surface area contributed by atoms with E-state index in [0.717, 1.165) is 12.0 Å². The fourth-order valence-electron chi connectivity index (χ4n) is 2.46. The standard InChI is InChI=1S/C15H16ClN3O2/c1-9-13(6-7-21-9)18-15(20)12-8-17-19-14(12)10-2-4-11(16)5-3-10/h2-5,8-9,13H,6-7H2,1H3,(H,17,19)(H,18,20)/t9-,13-/m1/s1. The van der Waals surface area contributed by atoms with Gasteiger partial charge < -0.3 is 10.1 Å². The number of carbonyl (C=O) groups is 1. The Morgan fingerprint density at radius 3 is 2.86 bits per heavy atom. The number of aromatic nitrogens is 2. The fraction of sp³-hybridized carbons (Fsp3) is 0.333. The number of nitrogens with one attached hydrogen (secondary N) is 2. The van der Waals surface area contributed by atoms with Crippen LogP contribution in [0, 0.1) is 0 Å². The second-order valence-corrected chi connectivity index (χ2v) is 5.55. The van der Waals surface area contributed by atoms with Crippen LogP contribution in [0.3, 0.4) is 0 Å². The molecule has 0 unspecified atom stereocenters. The molecule has 1 aliphatic heterocycles. The number of hydrogen-bond donors (Lipinski definition) is 2. The van der Waals surface area contributed by atoms with Gasteiger partial charge in [0.15, 0.2) is 0 Å². The van der Waals surface area contributed by atoms with E-state index in [1.54, 1.807) is 18.3 Å². The van der Waals surface area contributed by atoms with Crippen LogP contribution >= 0.6 is 11.6 Å². The predicted octanol–water partition coefficient (Wildman–Crippen LogP) is 2.64. The van der Waals surface area contributed by atoms with Crippen molar-refractivity contribution in [2.45, 2.75) is 25.5 Å². The Labute approximate surface area is 127 Å². The molecule has 2 atom stereocenters. The first-order chi connectivity index (χ1) is 10.1. The maximum Gasteiger partial charge on any atom is 0.255 e. The van der Waals surface area contributed by atoms with Crippen LogP contribution in [-0.2, 0) is 4.74 Å². The number of aromatic amines is 1. The lowest BCUT2D eigenvalue weighted by Crippen LogP contribution is -2.39. The maximum absolute atomic E-state index is 12.4. The zero-order valence-electron chi connectivity index (χ0n) is 11.6. The van der Waals surface area contributed by atoms with E-state index in [4.69, 9.17) is 16.3 Å². The molecule has 1 fully saturated rings. The molecule has 0 spiro atoms. The van der Waals surface area contributed by atoms with E-state index >= 15 is 0 Å². The van der Waals surface area contributed by atoms with Gasteiger partial charge in [0.05, 0.1) is 29.6 Å². The summed E-state index contributed by atoms with van der Waals surface area (Å²) >= 11 is 5.89. The highest BCUT2D eigenvalue weighted by atomic mass is 35.5. The van der Waals surface area contributed by atoms with Crippen molar-refractivity contribution in [2.75, 3.05) is 6.61 Å². The highest BCUT2D eigenvalue weighted by Gasteiger charge is 2.27. The van der Waals surface area contributed by atoms with Crippen molar-refractivity contribution in [3.05, 3.63) is 41.0 Å². The second kappa shape index (κ2) is 5.87. The Balaban J connectivity index is 1.81. The number of benzene rings is 1. The van der Waals surface area contributed by atoms with Gasteiger partial charge in [0.2, 0.25) is 0 Å². The highest BCUT2D eigenvalue weighted by Crippen LogP contribution is 2.23. The lowest BCUT2D eigenvalue weighted by Gasteiger charge is -2.15. The molecule has 0 bridgehead atoms. The lowest BCUT2D eigenvalue weighted by molar-refractivity contribution is 0.0867. The molecule has 1 aromatic heterocycles. The third kappa shape index (κ3) is 2.94. The summed E-state index contributed by atoms with van der Waals surface area (Å²) in [5.74, 6) is -0.143.